The highest BCUT2D eigenvalue weighted by molar-refractivity contribution is 5.91. The number of nitrogens with one attached hydrogen (secondary N) is 4. The van der Waals surface area contributed by atoms with Crippen molar-refractivity contribution in [3.05, 3.63) is 64.6 Å². The number of nitrogens with two attached hydrogens (primary N) is 1. The van der Waals surface area contributed by atoms with Crippen molar-refractivity contribution in [2.45, 2.75) is 51.0 Å². The van der Waals surface area contributed by atoms with Crippen LogP contribution in [-0.2, 0) is 11.3 Å². The molecule has 2 heterocycles. The van der Waals surface area contributed by atoms with E-state index in [0.29, 0.717) is 35.7 Å². The molecule has 192 valence electrons. The van der Waals surface area contributed by atoms with Crippen LogP contribution in [0.2, 0.25) is 0 Å². The zero-order valence-electron chi connectivity index (χ0n) is 20.6. The molecule has 1 saturated heterocycles. The molecule has 2 atom stereocenters. The quantitative estimate of drug-likeness (QED) is 0.314. The Morgan fingerprint density at radius 2 is 2.17 bits per heavy atom. The summed E-state index contributed by atoms with van der Waals surface area (Å²) in [6.45, 7) is 0.380. The van der Waals surface area contributed by atoms with E-state index < -0.39 is 12.1 Å². The molecule has 0 aromatic heterocycles. The number of nitrogens with zero attached hydrogens (tertiary/aromatic N) is 2. The van der Waals surface area contributed by atoms with Gasteiger partial charge in [0.15, 0.2) is 0 Å². The van der Waals surface area contributed by atoms with Crippen molar-refractivity contribution in [3.8, 4) is 6.07 Å². The number of nitriles is 1. The minimum absolute atomic E-state index is 0.0422. The maximum Gasteiger partial charge on any atom is 0.312 e. The van der Waals surface area contributed by atoms with Crippen molar-refractivity contribution in [1.29, 1.82) is 5.26 Å². The lowest BCUT2D eigenvalue weighted by Crippen LogP contribution is -2.52. The number of dihydropyridines is 1. The first-order chi connectivity index (χ1) is 17.3. The van der Waals surface area contributed by atoms with Gasteiger partial charge in [-0.2, -0.15) is 14.0 Å². The van der Waals surface area contributed by atoms with Crippen LogP contribution < -0.4 is 27.0 Å². The van der Waals surface area contributed by atoms with Crippen LogP contribution in [0.4, 0.5) is 8.78 Å². The molecule has 1 aromatic carbocycles. The summed E-state index contributed by atoms with van der Waals surface area (Å²) < 4.78 is 25.2. The van der Waals surface area contributed by atoms with E-state index in [9.17, 15) is 18.8 Å². The van der Waals surface area contributed by atoms with Gasteiger partial charge in [-0.05, 0) is 86.2 Å². The first kappa shape index (κ1) is 25.8. The van der Waals surface area contributed by atoms with Gasteiger partial charge in [0.1, 0.15) is 5.54 Å². The number of carbonyl (C=O) groups excluding carboxylic acids is 1. The van der Waals surface area contributed by atoms with Crippen molar-refractivity contribution < 1.29 is 13.6 Å². The van der Waals surface area contributed by atoms with Crippen molar-refractivity contribution >= 4 is 11.5 Å². The van der Waals surface area contributed by atoms with Gasteiger partial charge in [0.2, 0.25) is 5.91 Å². The van der Waals surface area contributed by atoms with Crippen molar-refractivity contribution in [3.63, 3.8) is 0 Å². The number of carbonyl (C=O) groups is 1. The number of likely N-dealkylation sites (N-methyl/N-ethyl adjacent to an activating group) is 1. The molecule has 1 aliphatic carbocycles. The lowest BCUT2D eigenvalue weighted by Gasteiger charge is -2.30. The molecule has 2 fully saturated rings. The lowest BCUT2D eigenvalue weighted by molar-refractivity contribution is -0.132. The highest BCUT2D eigenvalue weighted by atomic mass is 19.3. The molecule has 0 radical (unpaired) electrons. The molecular formula is C26H33F2N7O. The average Bonchev–Trinajstić information content (AvgIpc) is 3.66. The Morgan fingerprint density at radius 1 is 1.39 bits per heavy atom. The summed E-state index contributed by atoms with van der Waals surface area (Å²) in [4.78, 5) is 15.3. The van der Waals surface area contributed by atoms with E-state index in [1.807, 2.05) is 42.4 Å². The molecule has 36 heavy (non-hydrogen) atoms. The van der Waals surface area contributed by atoms with Crippen LogP contribution in [-0.4, -0.2) is 49.2 Å². The van der Waals surface area contributed by atoms with Crippen molar-refractivity contribution in [2.75, 3.05) is 20.1 Å². The number of allylic oxidation sites excluding steroid dienone is 2. The Bertz CT molecular complexity index is 1140. The maximum absolute atomic E-state index is 13.4. The Balaban J connectivity index is 1.49. The van der Waals surface area contributed by atoms with Gasteiger partial charge in [0, 0.05) is 37.2 Å². The number of hydrogen-bond donors (Lipinski definition) is 5. The first-order valence-electron chi connectivity index (χ1n) is 12.2. The number of hydrogen-bond acceptors (Lipinski definition) is 7. The number of rotatable bonds is 10. The number of halogens is 2. The van der Waals surface area contributed by atoms with Crippen LogP contribution in [0.5, 0.6) is 0 Å². The van der Waals surface area contributed by atoms with Gasteiger partial charge in [-0.1, -0.05) is 0 Å². The Labute approximate surface area is 210 Å². The highest BCUT2D eigenvalue weighted by Crippen LogP contribution is 2.46. The molecule has 0 spiro atoms. The fourth-order valence-corrected chi connectivity index (χ4v) is 5.12. The van der Waals surface area contributed by atoms with Crippen molar-refractivity contribution in [2.24, 2.45) is 11.7 Å². The van der Waals surface area contributed by atoms with E-state index in [4.69, 9.17) is 5.73 Å². The Morgan fingerprint density at radius 3 is 2.81 bits per heavy atom. The topological polar surface area (TPSA) is 118 Å². The summed E-state index contributed by atoms with van der Waals surface area (Å²) in [6.07, 6.45) is 7.90. The van der Waals surface area contributed by atoms with E-state index in [1.165, 1.54) is 6.20 Å². The van der Waals surface area contributed by atoms with Gasteiger partial charge >= 0.3 is 6.55 Å². The third kappa shape index (κ3) is 5.43. The Hall–Kier alpha value is -3.26. The molecule has 0 bridgehead atoms. The smallest absolute Gasteiger partial charge is 0.312 e. The average molecular weight is 498 g/mol. The molecule has 2 aliphatic heterocycles. The number of benzene rings is 1. The number of alkyl halides is 2. The summed E-state index contributed by atoms with van der Waals surface area (Å²) in [5, 5.41) is 21.5. The lowest BCUT2D eigenvalue weighted by atomic mass is 9.91. The van der Waals surface area contributed by atoms with Crippen molar-refractivity contribution in [1.82, 2.24) is 26.2 Å². The van der Waals surface area contributed by atoms with Crippen LogP contribution in [0.1, 0.15) is 42.9 Å². The summed E-state index contributed by atoms with van der Waals surface area (Å²) >= 11 is 0. The second-order valence-corrected chi connectivity index (χ2v) is 9.50. The third-order valence-corrected chi connectivity index (χ3v) is 7.10. The molecule has 1 aromatic rings. The number of amides is 1. The molecule has 10 heteroatoms. The molecule has 4 rings (SSSR count). The molecular weight excluding hydrogens is 464 g/mol. The summed E-state index contributed by atoms with van der Waals surface area (Å²) in [5.74, 6) is 0.541. The monoisotopic (exact) mass is 497 g/mol. The summed E-state index contributed by atoms with van der Waals surface area (Å²) in [6, 6.07) is 7.34. The zero-order chi connectivity index (χ0) is 25.9. The predicted molar refractivity (Wildman–Crippen MR) is 134 cm³/mol. The largest absolute Gasteiger partial charge is 0.370 e. The predicted octanol–water partition coefficient (Wildman–Crippen LogP) is 2.08. The fourth-order valence-electron chi connectivity index (χ4n) is 5.12. The van der Waals surface area contributed by atoms with Crippen LogP contribution in [0.15, 0.2) is 47.9 Å². The second kappa shape index (κ2) is 10.8. The van der Waals surface area contributed by atoms with Gasteiger partial charge in [-0.15, -0.1) is 0 Å². The summed E-state index contributed by atoms with van der Waals surface area (Å²) in [7, 11) is 1.88. The molecule has 3 aliphatic rings. The van der Waals surface area contributed by atoms with Gasteiger partial charge < -0.3 is 26.6 Å². The molecule has 6 N–H and O–H groups in total. The van der Waals surface area contributed by atoms with Crippen LogP contribution in [0.3, 0.4) is 0 Å². The SMILES string of the molecule is CN[C@@]1(C2CC2)CCN(C2=CC(NCc3cc(C#N)cc(/C(=C/NC(F)F)CN)c3)NC(C)=C2)C1=O. The Kier molecular flexibility index (Phi) is 7.73. The van der Waals surface area contributed by atoms with E-state index in [-0.39, 0.29) is 18.6 Å². The van der Waals surface area contributed by atoms with E-state index in [1.54, 1.807) is 12.1 Å². The fraction of sp³-hybridized carbons (Fsp3) is 0.462. The third-order valence-electron chi connectivity index (χ3n) is 7.10. The van der Waals surface area contributed by atoms with Gasteiger partial charge in [-0.3, -0.25) is 10.1 Å². The second-order valence-electron chi connectivity index (χ2n) is 9.50. The van der Waals surface area contributed by atoms with Crippen LogP contribution in [0, 0.1) is 17.2 Å². The van der Waals surface area contributed by atoms with E-state index >= 15 is 0 Å². The van der Waals surface area contributed by atoms with Crippen LogP contribution >= 0.6 is 0 Å². The maximum atomic E-state index is 13.4. The zero-order valence-corrected chi connectivity index (χ0v) is 20.6. The summed E-state index contributed by atoms with van der Waals surface area (Å²) in [5.41, 5.74) is 9.41. The highest BCUT2D eigenvalue weighted by Gasteiger charge is 2.55. The standard InChI is InChI=1S/C26H33F2N7O/c1-16-7-22(35-6-5-26(31-2,24(35)36)21-3-4-21)11-23(34-16)32-14-18-8-17(12-29)9-19(10-18)20(13-30)15-33-25(27)28/h7-11,15,21,23,25,31-34H,3-6,13-14,30H2,1-2H3/b20-15+/t23?,26-/m1/s1. The normalized spacial score (nSPS) is 24.4. The van der Waals surface area contributed by atoms with Gasteiger partial charge in [0.05, 0.1) is 17.8 Å². The van der Waals surface area contributed by atoms with E-state index in [0.717, 1.165) is 36.2 Å². The van der Waals surface area contributed by atoms with Gasteiger partial charge in [0.25, 0.3) is 0 Å². The molecule has 1 amide bonds. The van der Waals surface area contributed by atoms with Gasteiger partial charge in [-0.25, -0.2) is 0 Å². The van der Waals surface area contributed by atoms with Crippen LogP contribution in [0.25, 0.3) is 5.57 Å². The minimum Gasteiger partial charge on any atom is -0.370 e. The minimum atomic E-state index is -2.70. The van der Waals surface area contributed by atoms with E-state index in [2.05, 4.69) is 22.0 Å². The molecule has 1 unspecified atom stereocenters. The number of likely N-dealkylation sites (tertiary alicyclic amines) is 1. The molecule has 1 saturated carbocycles. The first-order valence-corrected chi connectivity index (χ1v) is 12.2. The molecule has 8 nitrogen and oxygen atoms in total.